The van der Waals surface area contributed by atoms with Crippen molar-refractivity contribution >= 4 is 29.3 Å². The first-order chi connectivity index (χ1) is 15.4. The second-order valence-corrected chi connectivity index (χ2v) is 6.27. The maximum Gasteiger partial charge on any atom is 0.374 e. The minimum absolute atomic E-state index is 0.0815. The van der Waals surface area contributed by atoms with E-state index in [1.807, 2.05) is 5.32 Å². The number of rotatable bonds is 7. The molecule has 0 aliphatic heterocycles. The fraction of sp³-hybridized carbons (Fsp3) is 0.0952. The third-order valence-electron chi connectivity index (χ3n) is 4.11. The van der Waals surface area contributed by atoms with E-state index in [4.69, 9.17) is 13.9 Å². The molecule has 1 heterocycles. The summed E-state index contributed by atoms with van der Waals surface area (Å²) < 4.78 is 15.2. The third kappa shape index (κ3) is 5.69. The van der Waals surface area contributed by atoms with E-state index >= 15 is 0 Å². The van der Waals surface area contributed by atoms with Gasteiger partial charge in [-0.25, -0.2) is 9.59 Å². The standard InChI is InChI=1S/C21H17N3O8/c1-30-16-8-4-14(5-9-16)22-21(27)23-19(25)12-31-20(26)18-11-10-17(32-18)13-2-6-15(7-3-13)24(28)29/h2-11H,12H2,1H3,(H2,22,23,25,27). The quantitative estimate of drug-likeness (QED) is 0.323. The van der Waals surface area contributed by atoms with Gasteiger partial charge in [0.05, 0.1) is 12.0 Å². The predicted molar refractivity (Wildman–Crippen MR) is 111 cm³/mol. The number of methoxy groups -OCH3 is 1. The first-order valence-corrected chi connectivity index (χ1v) is 9.12. The van der Waals surface area contributed by atoms with E-state index in [2.05, 4.69) is 5.32 Å². The molecule has 0 bridgehead atoms. The van der Waals surface area contributed by atoms with Crippen molar-refractivity contribution in [2.75, 3.05) is 19.0 Å². The van der Waals surface area contributed by atoms with E-state index in [1.165, 1.54) is 43.5 Å². The number of urea groups is 1. The SMILES string of the molecule is COc1ccc(NC(=O)NC(=O)COC(=O)c2ccc(-c3ccc([N+](=O)[O-])cc3)o2)cc1. The van der Waals surface area contributed by atoms with E-state index in [0.717, 1.165) is 0 Å². The molecule has 164 valence electrons. The van der Waals surface area contributed by atoms with Crippen molar-refractivity contribution in [3.05, 3.63) is 76.5 Å². The van der Waals surface area contributed by atoms with Crippen molar-refractivity contribution in [3.63, 3.8) is 0 Å². The molecule has 2 N–H and O–H groups in total. The summed E-state index contributed by atoms with van der Waals surface area (Å²) in [5, 5.41) is 15.2. The maximum atomic E-state index is 12.1. The van der Waals surface area contributed by atoms with Gasteiger partial charge in [-0.3, -0.25) is 20.2 Å². The van der Waals surface area contributed by atoms with Crippen LogP contribution < -0.4 is 15.4 Å². The second kappa shape index (κ2) is 9.89. The van der Waals surface area contributed by atoms with Gasteiger partial charge in [0.15, 0.2) is 6.61 Å². The van der Waals surface area contributed by atoms with E-state index in [-0.39, 0.29) is 17.2 Å². The Hall–Kier alpha value is -4.67. The van der Waals surface area contributed by atoms with E-state index in [1.54, 1.807) is 24.3 Å². The number of anilines is 1. The molecule has 3 rings (SSSR count). The Morgan fingerprint density at radius 2 is 1.69 bits per heavy atom. The fourth-order valence-corrected chi connectivity index (χ4v) is 2.55. The van der Waals surface area contributed by atoms with Gasteiger partial charge >= 0.3 is 12.0 Å². The minimum Gasteiger partial charge on any atom is -0.497 e. The molecule has 0 saturated heterocycles. The molecule has 3 amide bonds. The molecular weight excluding hydrogens is 422 g/mol. The number of benzene rings is 2. The molecule has 0 aliphatic rings. The summed E-state index contributed by atoms with van der Waals surface area (Å²) in [7, 11) is 1.51. The number of non-ortho nitro benzene ring substituents is 1. The number of nitro benzene ring substituents is 1. The van der Waals surface area contributed by atoms with Crippen LogP contribution in [0.2, 0.25) is 0 Å². The number of imide groups is 1. The highest BCUT2D eigenvalue weighted by atomic mass is 16.6. The number of nitrogens with zero attached hydrogens (tertiary/aromatic N) is 1. The molecule has 0 fully saturated rings. The number of hydrogen-bond acceptors (Lipinski definition) is 8. The number of carbonyl (C=O) groups excluding carboxylic acids is 3. The van der Waals surface area contributed by atoms with Crippen LogP contribution in [-0.4, -0.2) is 36.5 Å². The van der Waals surface area contributed by atoms with Crippen molar-refractivity contribution in [2.45, 2.75) is 0 Å². The van der Waals surface area contributed by atoms with E-state index < -0.39 is 29.4 Å². The average molecular weight is 439 g/mol. The number of amides is 3. The largest absolute Gasteiger partial charge is 0.497 e. The summed E-state index contributed by atoms with van der Waals surface area (Å²) in [6.45, 7) is -0.706. The lowest BCUT2D eigenvalue weighted by Gasteiger charge is -2.07. The van der Waals surface area contributed by atoms with Crippen LogP contribution in [0.1, 0.15) is 10.6 Å². The molecule has 0 unspecified atom stereocenters. The van der Waals surface area contributed by atoms with Gasteiger partial charge in [0.1, 0.15) is 11.5 Å². The molecule has 11 heteroatoms. The zero-order chi connectivity index (χ0) is 23.1. The molecule has 0 spiro atoms. The summed E-state index contributed by atoms with van der Waals surface area (Å²) in [6.07, 6.45) is 0. The second-order valence-electron chi connectivity index (χ2n) is 6.27. The van der Waals surface area contributed by atoms with Crippen LogP contribution in [0.4, 0.5) is 16.2 Å². The number of carbonyl (C=O) groups is 3. The molecular formula is C21H17N3O8. The average Bonchev–Trinajstić information content (AvgIpc) is 3.28. The maximum absolute atomic E-state index is 12.1. The summed E-state index contributed by atoms with van der Waals surface area (Å²) in [5.41, 5.74) is 0.868. The molecule has 0 aliphatic carbocycles. The lowest BCUT2D eigenvalue weighted by Crippen LogP contribution is -2.37. The van der Waals surface area contributed by atoms with Gasteiger partial charge in [-0.2, -0.15) is 0 Å². The van der Waals surface area contributed by atoms with E-state index in [0.29, 0.717) is 17.0 Å². The number of esters is 1. The number of nitro groups is 1. The highest BCUT2D eigenvalue weighted by molar-refractivity contribution is 6.02. The lowest BCUT2D eigenvalue weighted by atomic mass is 10.1. The number of furan rings is 1. The van der Waals surface area contributed by atoms with Gasteiger partial charge in [-0.1, -0.05) is 0 Å². The first kappa shape index (κ1) is 22.0. The van der Waals surface area contributed by atoms with Gasteiger partial charge in [-0.15, -0.1) is 0 Å². The molecule has 2 aromatic carbocycles. The normalized spacial score (nSPS) is 10.2. The van der Waals surface area contributed by atoms with Crippen LogP contribution in [0.5, 0.6) is 5.75 Å². The molecule has 0 radical (unpaired) electrons. The van der Waals surface area contributed by atoms with Gasteiger partial charge in [0.2, 0.25) is 5.76 Å². The summed E-state index contributed by atoms with van der Waals surface area (Å²) in [6, 6.07) is 14.0. The number of nitrogens with one attached hydrogen (secondary N) is 2. The van der Waals surface area contributed by atoms with Crippen LogP contribution >= 0.6 is 0 Å². The minimum atomic E-state index is -0.913. The van der Waals surface area contributed by atoms with Crippen LogP contribution in [-0.2, 0) is 9.53 Å². The molecule has 11 nitrogen and oxygen atoms in total. The van der Waals surface area contributed by atoms with Crippen molar-refractivity contribution in [1.82, 2.24) is 5.32 Å². The molecule has 32 heavy (non-hydrogen) atoms. The Morgan fingerprint density at radius 1 is 1.00 bits per heavy atom. The van der Waals surface area contributed by atoms with Crippen LogP contribution in [0, 0.1) is 10.1 Å². The highest BCUT2D eigenvalue weighted by Gasteiger charge is 2.17. The molecule has 1 aromatic heterocycles. The predicted octanol–water partition coefficient (Wildman–Crippen LogP) is 3.37. The van der Waals surface area contributed by atoms with Crippen LogP contribution in [0.3, 0.4) is 0 Å². The summed E-state index contributed by atoms with van der Waals surface area (Å²) >= 11 is 0. The third-order valence-corrected chi connectivity index (χ3v) is 4.11. The first-order valence-electron chi connectivity index (χ1n) is 9.12. The summed E-state index contributed by atoms with van der Waals surface area (Å²) in [5.74, 6) is -1.03. The molecule has 3 aromatic rings. The molecule has 0 atom stereocenters. The zero-order valence-electron chi connectivity index (χ0n) is 16.7. The fourth-order valence-electron chi connectivity index (χ4n) is 2.55. The Morgan fingerprint density at radius 3 is 2.31 bits per heavy atom. The highest BCUT2D eigenvalue weighted by Crippen LogP contribution is 2.24. The summed E-state index contributed by atoms with van der Waals surface area (Å²) in [4.78, 5) is 45.9. The zero-order valence-corrected chi connectivity index (χ0v) is 16.7. The Labute approximate surface area is 181 Å². The smallest absolute Gasteiger partial charge is 0.374 e. The Bertz CT molecular complexity index is 1140. The van der Waals surface area contributed by atoms with Crippen LogP contribution in [0.25, 0.3) is 11.3 Å². The molecule has 0 saturated carbocycles. The van der Waals surface area contributed by atoms with Gasteiger partial charge in [-0.05, 0) is 48.5 Å². The Kier molecular flexibility index (Phi) is 6.81. The monoisotopic (exact) mass is 439 g/mol. The van der Waals surface area contributed by atoms with Crippen molar-refractivity contribution in [1.29, 1.82) is 0 Å². The van der Waals surface area contributed by atoms with Crippen molar-refractivity contribution < 1.29 is 33.2 Å². The topological polar surface area (TPSA) is 150 Å². The van der Waals surface area contributed by atoms with Gasteiger partial charge < -0.3 is 19.2 Å². The van der Waals surface area contributed by atoms with Gasteiger partial charge in [0.25, 0.3) is 11.6 Å². The van der Waals surface area contributed by atoms with Gasteiger partial charge in [0, 0.05) is 23.4 Å². The number of hydrogen-bond donors (Lipinski definition) is 2. The Balaban J connectivity index is 1.49. The lowest BCUT2D eigenvalue weighted by molar-refractivity contribution is -0.384. The number of ether oxygens (including phenoxy) is 2. The van der Waals surface area contributed by atoms with E-state index in [9.17, 15) is 24.5 Å². The van der Waals surface area contributed by atoms with Crippen molar-refractivity contribution in [2.24, 2.45) is 0 Å². The van der Waals surface area contributed by atoms with Crippen LogP contribution in [0.15, 0.2) is 65.1 Å². The van der Waals surface area contributed by atoms with Crippen molar-refractivity contribution in [3.8, 4) is 17.1 Å².